The Morgan fingerprint density at radius 1 is 1.10 bits per heavy atom. The average Bonchev–Trinajstić information content (AvgIpc) is 2.58. The number of benzene rings is 2. The van der Waals surface area contributed by atoms with Gasteiger partial charge in [0.15, 0.2) is 5.56 Å². The maximum absolute atomic E-state index is 12.0. The highest BCUT2D eigenvalue weighted by molar-refractivity contribution is 6.23. The van der Waals surface area contributed by atoms with Crippen molar-refractivity contribution in [1.29, 1.82) is 0 Å². The Hall–Kier alpha value is -2.04. The largest absolute Gasteiger partial charge is 0.470 e. The molecule has 2 atom stereocenters. The lowest BCUT2D eigenvalue weighted by molar-refractivity contribution is -0.118. The van der Waals surface area contributed by atoms with Crippen LogP contribution < -0.4 is 15.8 Å². The third kappa shape index (κ3) is 2.24. The summed E-state index contributed by atoms with van der Waals surface area (Å²) in [6.07, 6.45) is 0. The predicted octanol–water partition coefficient (Wildman–Crippen LogP) is 2.58. The van der Waals surface area contributed by atoms with E-state index in [-0.39, 0.29) is 5.91 Å². The summed E-state index contributed by atoms with van der Waals surface area (Å²) in [5.74, 6) is 0.166. The van der Waals surface area contributed by atoms with Crippen LogP contribution >= 0.6 is 11.6 Å². The molecule has 0 spiro atoms. The Bertz CT molecular complexity index is 646. The highest BCUT2D eigenvalue weighted by atomic mass is 35.5. The van der Waals surface area contributed by atoms with E-state index in [1.807, 2.05) is 42.5 Å². The summed E-state index contributed by atoms with van der Waals surface area (Å²) in [6, 6.07) is 14.4. The summed E-state index contributed by atoms with van der Waals surface area (Å²) >= 11 is 5.98. The molecule has 2 aromatic rings. The molecule has 0 fully saturated rings. The van der Waals surface area contributed by atoms with Gasteiger partial charge in [-0.1, -0.05) is 54.1 Å². The SMILES string of the molecule is N[C@@H]1C(=O)Nc2c(cccc2-c2ccccc2)OC1Cl. The normalized spacial score (nSPS) is 21.4. The van der Waals surface area contributed by atoms with Crippen molar-refractivity contribution in [3.8, 4) is 16.9 Å². The molecule has 0 saturated heterocycles. The Labute approximate surface area is 121 Å². The van der Waals surface area contributed by atoms with Crippen LogP contribution in [0.25, 0.3) is 11.1 Å². The molecule has 3 N–H and O–H groups in total. The number of carbonyl (C=O) groups excluding carboxylic acids is 1. The number of nitrogens with one attached hydrogen (secondary N) is 1. The number of anilines is 1. The van der Waals surface area contributed by atoms with Crippen LogP contribution in [0.15, 0.2) is 48.5 Å². The monoisotopic (exact) mass is 288 g/mol. The van der Waals surface area contributed by atoms with E-state index in [9.17, 15) is 4.79 Å². The number of hydrogen-bond donors (Lipinski definition) is 2. The fourth-order valence-corrected chi connectivity index (χ4v) is 2.35. The molecule has 1 aliphatic rings. The molecule has 3 rings (SSSR count). The highest BCUT2D eigenvalue weighted by Crippen LogP contribution is 2.38. The van der Waals surface area contributed by atoms with Crippen LogP contribution in [0.2, 0.25) is 0 Å². The van der Waals surface area contributed by atoms with E-state index in [4.69, 9.17) is 22.1 Å². The van der Waals surface area contributed by atoms with E-state index in [0.717, 1.165) is 11.1 Å². The second-order valence-corrected chi connectivity index (χ2v) is 4.96. The first-order valence-corrected chi connectivity index (χ1v) is 6.66. The maximum atomic E-state index is 12.0. The number of nitrogens with two attached hydrogens (primary N) is 1. The summed E-state index contributed by atoms with van der Waals surface area (Å²) in [6.45, 7) is 0. The fraction of sp³-hybridized carbons (Fsp3) is 0.133. The Morgan fingerprint density at radius 2 is 1.85 bits per heavy atom. The van der Waals surface area contributed by atoms with Gasteiger partial charge in [0.25, 0.3) is 0 Å². The minimum atomic E-state index is -0.910. The van der Waals surface area contributed by atoms with Gasteiger partial charge in [0.05, 0.1) is 5.69 Å². The molecule has 0 aromatic heterocycles. The molecular weight excluding hydrogens is 276 g/mol. The van der Waals surface area contributed by atoms with Crippen molar-refractivity contribution < 1.29 is 9.53 Å². The lowest BCUT2D eigenvalue weighted by Crippen LogP contribution is -2.43. The van der Waals surface area contributed by atoms with E-state index < -0.39 is 11.6 Å². The molecule has 0 saturated carbocycles. The first-order valence-electron chi connectivity index (χ1n) is 6.22. The molecular formula is C15H13ClN2O2. The van der Waals surface area contributed by atoms with Gasteiger partial charge in [0.1, 0.15) is 11.8 Å². The van der Waals surface area contributed by atoms with Crippen LogP contribution in [0.5, 0.6) is 5.75 Å². The van der Waals surface area contributed by atoms with Gasteiger partial charge in [0, 0.05) is 5.56 Å². The number of rotatable bonds is 1. The highest BCUT2D eigenvalue weighted by Gasteiger charge is 2.30. The van der Waals surface area contributed by atoms with E-state index in [0.29, 0.717) is 11.4 Å². The van der Waals surface area contributed by atoms with Crippen molar-refractivity contribution in [3.05, 3.63) is 48.5 Å². The van der Waals surface area contributed by atoms with Crippen LogP contribution in [0.3, 0.4) is 0 Å². The predicted molar refractivity (Wildman–Crippen MR) is 78.8 cm³/mol. The standard InChI is InChI=1S/C15H13ClN2O2/c16-14-12(17)15(19)18-13-10(7-4-8-11(13)20-14)9-5-2-1-3-6-9/h1-8,12,14H,17H2,(H,18,19)/t12-,14?/m0/s1. The molecule has 1 heterocycles. The van der Waals surface area contributed by atoms with Gasteiger partial charge in [-0.3, -0.25) is 4.79 Å². The van der Waals surface area contributed by atoms with Crippen molar-refractivity contribution in [1.82, 2.24) is 0 Å². The zero-order valence-corrected chi connectivity index (χ0v) is 11.3. The lowest BCUT2D eigenvalue weighted by atomic mass is 10.0. The number of carbonyl (C=O) groups is 1. The summed E-state index contributed by atoms with van der Waals surface area (Å²) in [5.41, 5.74) is 7.28. The number of fused-ring (bicyclic) bond motifs is 1. The fourth-order valence-electron chi connectivity index (χ4n) is 2.14. The third-order valence-corrected chi connectivity index (χ3v) is 3.54. The van der Waals surface area contributed by atoms with E-state index in [2.05, 4.69) is 5.32 Å². The molecule has 1 amide bonds. The second-order valence-electron chi connectivity index (χ2n) is 4.53. The van der Waals surface area contributed by atoms with Gasteiger partial charge in [-0.25, -0.2) is 0 Å². The van der Waals surface area contributed by atoms with Crippen molar-refractivity contribution >= 4 is 23.2 Å². The van der Waals surface area contributed by atoms with Crippen molar-refractivity contribution in [2.75, 3.05) is 5.32 Å². The Balaban J connectivity index is 2.13. The summed E-state index contributed by atoms with van der Waals surface area (Å²) in [7, 11) is 0. The first kappa shape index (κ1) is 13.0. The molecule has 1 aliphatic heterocycles. The van der Waals surface area contributed by atoms with Crippen LogP contribution in [-0.2, 0) is 4.79 Å². The maximum Gasteiger partial charge on any atom is 0.246 e. The van der Waals surface area contributed by atoms with E-state index >= 15 is 0 Å². The topological polar surface area (TPSA) is 64.4 Å². The molecule has 0 bridgehead atoms. The van der Waals surface area contributed by atoms with Crippen molar-refractivity contribution in [2.24, 2.45) is 5.73 Å². The molecule has 4 nitrogen and oxygen atoms in total. The third-order valence-electron chi connectivity index (χ3n) is 3.18. The Kier molecular flexibility index (Phi) is 3.34. The molecule has 20 heavy (non-hydrogen) atoms. The number of amides is 1. The van der Waals surface area contributed by atoms with Crippen LogP contribution in [0.4, 0.5) is 5.69 Å². The molecule has 102 valence electrons. The van der Waals surface area contributed by atoms with E-state index in [1.165, 1.54) is 0 Å². The summed E-state index contributed by atoms with van der Waals surface area (Å²) in [4.78, 5) is 12.0. The average molecular weight is 289 g/mol. The molecule has 1 unspecified atom stereocenters. The zero-order valence-electron chi connectivity index (χ0n) is 10.5. The number of alkyl halides is 1. The second kappa shape index (κ2) is 5.15. The number of para-hydroxylation sites is 1. The summed E-state index contributed by atoms with van der Waals surface area (Å²) < 4.78 is 5.56. The van der Waals surface area contributed by atoms with Gasteiger partial charge in [0.2, 0.25) is 5.91 Å². The van der Waals surface area contributed by atoms with E-state index in [1.54, 1.807) is 6.07 Å². The van der Waals surface area contributed by atoms with Crippen LogP contribution in [0.1, 0.15) is 0 Å². The van der Waals surface area contributed by atoms with Gasteiger partial charge in [-0.05, 0) is 11.6 Å². The minimum Gasteiger partial charge on any atom is -0.470 e. The van der Waals surface area contributed by atoms with Gasteiger partial charge in [-0.15, -0.1) is 0 Å². The Morgan fingerprint density at radius 3 is 2.60 bits per heavy atom. The van der Waals surface area contributed by atoms with Crippen LogP contribution in [-0.4, -0.2) is 17.5 Å². The molecule has 2 aromatic carbocycles. The number of halogens is 1. The van der Waals surface area contributed by atoms with Crippen LogP contribution in [0, 0.1) is 0 Å². The minimum absolute atomic E-state index is 0.355. The van der Waals surface area contributed by atoms with Crippen molar-refractivity contribution in [2.45, 2.75) is 11.6 Å². The number of hydrogen-bond acceptors (Lipinski definition) is 3. The smallest absolute Gasteiger partial charge is 0.246 e. The molecule has 0 radical (unpaired) electrons. The quantitative estimate of drug-likeness (QED) is 0.793. The first-order chi connectivity index (χ1) is 9.66. The zero-order chi connectivity index (χ0) is 14.1. The van der Waals surface area contributed by atoms with Gasteiger partial charge in [-0.2, -0.15) is 0 Å². The molecule has 5 heteroatoms. The molecule has 0 aliphatic carbocycles. The van der Waals surface area contributed by atoms with Crippen molar-refractivity contribution in [3.63, 3.8) is 0 Å². The number of ether oxygens (including phenoxy) is 1. The lowest BCUT2D eigenvalue weighted by Gasteiger charge is -2.14. The van der Waals surface area contributed by atoms with Gasteiger partial charge < -0.3 is 15.8 Å². The summed E-state index contributed by atoms with van der Waals surface area (Å²) in [5, 5.41) is 2.80. The van der Waals surface area contributed by atoms with Gasteiger partial charge >= 0.3 is 0 Å².